The lowest BCUT2D eigenvalue weighted by atomic mass is 10.2. The number of anilines is 2. The minimum atomic E-state index is 0.159. The third-order valence-electron chi connectivity index (χ3n) is 1.48. The summed E-state index contributed by atoms with van der Waals surface area (Å²) in [5.41, 5.74) is 5.48. The fraction of sp³-hybridized carbons (Fsp3) is 0.333. The maximum absolute atomic E-state index is 5.48. The molecular formula is C9H12N4. The topological polar surface area (TPSA) is 63.8 Å². The predicted octanol–water partition coefficient (Wildman–Crippen LogP) is 0.883. The average Bonchev–Trinajstić information content (AvgIpc) is 2.04. The van der Waals surface area contributed by atoms with E-state index in [1.165, 1.54) is 0 Å². The Morgan fingerprint density at radius 3 is 3.15 bits per heavy atom. The lowest BCUT2D eigenvalue weighted by Gasteiger charge is -2.09. The van der Waals surface area contributed by atoms with Gasteiger partial charge in [-0.05, 0) is 13.0 Å². The zero-order valence-corrected chi connectivity index (χ0v) is 7.49. The molecule has 0 aliphatic rings. The number of hydrogen-bond donors (Lipinski definition) is 2. The Labute approximate surface area is 77.6 Å². The molecule has 1 unspecified atom stereocenters. The Morgan fingerprint density at radius 1 is 1.77 bits per heavy atom. The first-order chi connectivity index (χ1) is 6.22. The standard InChI is InChI=1S/C9H12N4/c1-3-4-7(2)12-9-11-6-5-8(10)13-9/h1,5-7H,4H2,2H3,(H3,10,11,12,13). The van der Waals surface area contributed by atoms with Crippen molar-refractivity contribution in [3.8, 4) is 12.3 Å². The Balaban J connectivity index is 2.59. The van der Waals surface area contributed by atoms with Crippen LogP contribution >= 0.6 is 0 Å². The van der Waals surface area contributed by atoms with Gasteiger partial charge in [0.15, 0.2) is 0 Å². The number of nitrogen functional groups attached to an aromatic ring is 1. The second-order valence-corrected chi connectivity index (χ2v) is 2.76. The molecule has 0 radical (unpaired) electrons. The minimum Gasteiger partial charge on any atom is -0.384 e. The summed E-state index contributed by atoms with van der Waals surface area (Å²) in [6.07, 6.45) is 7.40. The van der Waals surface area contributed by atoms with Crippen LogP contribution in [-0.2, 0) is 0 Å². The summed E-state index contributed by atoms with van der Waals surface area (Å²) in [6.45, 7) is 1.96. The van der Waals surface area contributed by atoms with Crippen LogP contribution in [0, 0.1) is 12.3 Å². The summed E-state index contributed by atoms with van der Waals surface area (Å²) in [6, 6.07) is 1.80. The van der Waals surface area contributed by atoms with E-state index in [4.69, 9.17) is 12.2 Å². The molecule has 4 heteroatoms. The maximum Gasteiger partial charge on any atom is 0.224 e. The smallest absolute Gasteiger partial charge is 0.224 e. The molecule has 1 aromatic heterocycles. The molecule has 13 heavy (non-hydrogen) atoms. The summed E-state index contributed by atoms with van der Waals surface area (Å²) in [5, 5.41) is 3.04. The van der Waals surface area contributed by atoms with Gasteiger partial charge in [-0.1, -0.05) is 0 Å². The number of nitrogens with zero attached hydrogens (tertiary/aromatic N) is 2. The van der Waals surface area contributed by atoms with Crippen LogP contribution in [0.15, 0.2) is 12.3 Å². The van der Waals surface area contributed by atoms with E-state index in [0.29, 0.717) is 18.2 Å². The monoisotopic (exact) mass is 176 g/mol. The van der Waals surface area contributed by atoms with E-state index in [9.17, 15) is 0 Å². The number of aromatic nitrogens is 2. The summed E-state index contributed by atoms with van der Waals surface area (Å²) in [4.78, 5) is 7.97. The van der Waals surface area contributed by atoms with Gasteiger partial charge in [0.2, 0.25) is 5.95 Å². The van der Waals surface area contributed by atoms with Crippen LogP contribution in [0.1, 0.15) is 13.3 Å². The van der Waals surface area contributed by atoms with E-state index in [2.05, 4.69) is 21.2 Å². The molecule has 0 amide bonds. The zero-order chi connectivity index (χ0) is 9.68. The van der Waals surface area contributed by atoms with Crippen LogP contribution in [0.5, 0.6) is 0 Å². The van der Waals surface area contributed by atoms with Gasteiger partial charge < -0.3 is 11.1 Å². The quantitative estimate of drug-likeness (QED) is 0.671. The number of terminal acetylenes is 1. The number of hydrogen-bond acceptors (Lipinski definition) is 4. The van der Waals surface area contributed by atoms with Gasteiger partial charge in [-0.2, -0.15) is 4.98 Å². The van der Waals surface area contributed by atoms with Gasteiger partial charge in [0.05, 0.1) is 0 Å². The molecule has 0 spiro atoms. The molecule has 1 rings (SSSR count). The Kier molecular flexibility index (Phi) is 3.09. The highest BCUT2D eigenvalue weighted by Crippen LogP contribution is 2.04. The van der Waals surface area contributed by atoms with Crippen molar-refractivity contribution < 1.29 is 0 Å². The van der Waals surface area contributed by atoms with E-state index in [-0.39, 0.29) is 6.04 Å². The maximum atomic E-state index is 5.48. The van der Waals surface area contributed by atoms with Gasteiger partial charge in [0.1, 0.15) is 5.82 Å². The molecule has 0 bridgehead atoms. The lowest BCUT2D eigenvalue weighted by molar-refractivity contribution is 0.812. The van der Waals surface area contributed by atoms with Crippen LogP contribution in [-0.4, -0.2) is 16.0 Å². The number of nitrogens with one attached hydrogen (secondary N) is 1. The largest absolute Gasteiger partial charge is 0.384 e. The zero-order valence-electron chi connectivity index (χ0n) is 7.49. The Morgan fingerprint density at radius 2 is 2.54 bits per heavy atom. The summed E-state index contributed by atoms with van der Waals surface area (Å²) in [5.74, 6) is 3.52. The van der Waals surface area contributed by atoms with Gasteiger partial charge in [-0.15, -0.1) is 12.3 Å². The van der Waals surface area contributed by atoms with Gasteiger partial charge in [0.25, 0.3) is 0 Å². The van der Waals surface area contributed by atoms with Crippen molar-refractivity contribution in [2.75, 3.05) is 11.1 Å². The molecule has 0 fully saturated rings. The molecule has 3 N–H and O–H groups in total. The van der Waals surface area contributed by atoms with Gasteiger partial charge >= 0.3 is 0 Å². The van der Waals surface area contributed by atoms with Gasteiger partial charge in [-0.25, -0.2) is 4.98 Å². The SMILES string of the molecule is C#CCC(C)Nc1nccc(N)n1. The highest BCUT2D eigenvalue weighted by Gasteiger charge is 2.01. The summed E-state index contributed by atoms with van der Waals surface area (Å²) < 4.78 is 0. The average molecular weight is 176 g/mol. The molecule has 1 aromatic rings. The molecule has 68 valence electrons. The highest BCUT2D eigenvalue weighted by atomic mass is 15.1. The van der Waals surface area contributed by atoms with Crippen molar-refractivity contribution in [3.05, 3.63) is 12.3 Å². The summed E-state index contributed by atoms with van der Waals surface area (Å²) in [7, 11) is 0. The number of rotatable bonds is 3. The normalized spacial score (nSPS) is 11.7. The van der Waals surface area contributed by atoms with Crippen LogP contribution in [0.25, 0.3) is 0 Å². The molecule has 1 atom stereocenters. The fourth-order valence-corrected chi connectivity index (χ4v) is 0.890. The Hall–Kier alpha value is -1.76. The van der Waals surface area contributed by atoms with E-state index < -0.39 is 0 Å². The van der Waals surface area contributed by atoms with Crippen molar-refractivity contribution in [2.45, 2.75) is 19.4 Å². The van der Waals surface area contributed by atoms with E-state index in [1.54, 1.807) is 12.3 Å². The van der Waals surface area contributed by atoms with Crippen molar-refractivity contribution >= 4 is 11.8 Å². The van der Waals surface area contributed by atoms with E-state index in [1.807, 2.05) is 6.92 Å². The first-order valence-corrected chi connectivity index (χ1v) is 4.01. The van der Waals surface area contributed by atoms with Crippen molar-refractivity contribution in [3.63, 3.8) is 0 Å². The van der Waals surface area contributed by atoms with Crippen molar-refractivity contribution in [1.82, 2.24) is 9.97 Å². The second-order valence-electron chi connectivity index (χ2n) is 2.76. The molecule has 4 nitrogen and oxygen atoms in total. The molecule has 0 aromatic carbocycles. The molecule has 0 saturated heterocycles. The molecule has 1 heterocycles. The van der Waals surface area contributed by atoms with Crippen molar-refractivity contribution in [2.24, 2.45) is 0 Å². The first-order valence-electron chi connectivity index (χ1n) is 4.01. The highest BCUT2D eigenvalue weighted by molar-refractivity contribution is 5.35. The van der Waals surface area contributed by atoms with E-state index in [0.717, 1.165) is 0 Å². The van der Waals surface area contributed by atoms with Crippen LogP contribution in [0.4, 0.5) is 11.8 Å². The van der Waals surface area contributed by atoms with Crippen molar-refractivity contribution in [1.29, 1.82) is 0 Å². The molecule has 0 saturated carbocycles. The summed E-state index contributed by atoms with van der Waals surface area (Å²) >= 11 is 0. The molecule has 0 aliphatic heterocycles. The molecule has 0 aliphatic carbocycles. The lowest BCUT2D eigenvalue weighted by Crippen LogP contribution is -2.16. The van der Waals surface area contributed by atoms with Gasteiger partial charge in [-0.3, -0.25) is 0 Å². The fourth-order valence-electron chi connectivity index (χ4n) is 0.890. The van der Waals surface area contributed by atoms with E-state index >= 15 is 0 Å². The van der Waals surface area contributed by atoms with Crippen LogP contribution < -0.4 is 11.1 Å². The first kappa shape index (κ1) is 9.33. The van der Waals surface area contributed by atoms with Crippen LogP contribution in [0.2, 0.25) is 0 Å². The second kappa shape index (κ2) is 4.31. The predicted molar refractivity (Wildman–Crippen MR) is 53.0 cm³/mol. The van der Waals surface area contributed by atoms with Gasteiger partial charge in [0, 0.05) is 18.7 Å². The third-order valence-corrected chi connectivity index (χ3v) is 1.48. The molecular weight excluding hydrogens is 164 g/mol. The third kappa shape index (κ3) is 2.99. The minimum absolute atomic E-state index is 0.159. The van der Waals surface area contributed by atoms with Crippen LogP contribution in [0.3, 0.4) is 0 Å². The Bertz CT molecular complexity index is 316. The number of nitrogens with two attached hydrogens (primary N) is 1.